The second kappa shape index (κ2) is 6.75. The minimum Gasteiger partial charge on any atom is -0.466 e. The highest BCUT2D eigenvalue weighted by Gasteiger charge is 2.18. The van der Waals surface area contributed by atoms with E-state index < -0.39 is 0 Å². The van der Waals surface area contributed by atoms with Crippen molar-refractivity contribution in [3.63, 3.8) is 0 Å². The van der Waals surface area contributed by atoms with E-state index >= 15 is 0 Å². The Morgan fingerprint density at radius 1 is 1.53 bits per heavy atom. The van der Waals surface area contributed by atoms with Gasteiger partial charge in [0.05, 0.1) is 0 Å². The number of nitrogens with zero attached hydrogens (tertiary/aromatic N) is 1. The molecule has 0 aromatic carbocycles. The summed E-state index contributed by atoms with van der Waals surface area (Å²) in [6.45, 7) is 4.96. The Kier molecular flexibility index (Phi) is 5.02. The van der Waals surface area contributed by atoms with Crippen LogP contribution in [0.4, 0.5) is 0 Å². The average Bonchev–Trinajstić information content (AvgIpc) is 3.01. The van der Waals surface area contributed by atoms with E-state index in [0.717, 1.165) is 44.0 Å². The maximum absolute atomic E-state index is 12.0. The Hall–Kier alpha value is -1.29. The van der Waals surface area contributed by atoms with Gasteiger partial charge in [-0.05, 0) is 50.9 Å². The molecule has 1 aliphatic rings. The summed E-state index contributed by atoms with van der Waals surface area (Å²) in [5.41, 5.74) is 0. The molecule has 4 heteroatoms. The van der Waals surface area contributed by atoms with Crippen molar-refractivity contribution >= 4 is 5.91 Å². The first kappa shape index (κ1) is 14.1. The van der Waals surface area contributed by atoms with Crippen molar-refractivity contribution in [2.75, 3.05) is 26.7 Å². The molecule has 106 valence electrons. The van der Waals surface area contributed by atoms with E-state index in [0.29, 0.717) is 12.3 Å². The van der Waals surface area contributed by atoms with Gasteiger partial charge >= 0.3 is 0 Å². The number of nitrogens with one attached hydrogen (secondary N) is 1. The normalized spacial score (nSPS) is 18.7. The predicted molar refractivity (Wildman–Crippen MR) is 75.0 cm³/mol. The lowest BCUT2D eigenvalue weighted by Crippen LogP contribution is -2.32. The molecule has 0 bridgehead atoms. The molecule has 1 N–H and O–H groups in total. The molecule has 0 spiro atoms. The molecule has 0 saturated carbocycles. The topological polar surface area (TPSA) is 45.5 Å². The maximum atomic E-state index is 12.0. The lowest BCUT2D eigenvalue weighted by Gasteiger charge is -2.20. The summed E-state index contributed by atoms with van der Waals surface area (Å²) in [5, 5.41) is 3.33. The second-order valence-corrected chi connectivity index (χ2v) is 5.50. The monoisotopic (exact) mass is 264 g/mol. The summed E-state index contributed by atoms with van der Waals surface area (Å²) >= 11 is 0. The molecule has 1 aromatic rings. The molecule has 2 rings (SSSR count). The van der Waals surface area contributed by atoms with Crippen LogP contribution in [0, 0.1) is 12.8 Å². The van der Waals surface area contributed by atoms with Crippen molar-refractivity contribution in [2.24, 2.45) is 5.92 Å². The molecule has 2 heterocycles. The summed E-state index contributed by atoms with van der Waals surface area (Å²) in [6, 6.07) is 3.96. The maximum Gasteiger partial charge on any atom is 0.222 e. The number of aryl methyl sites for hydroxylation is 2. The molecule has 0 aliphatic carbocycles. The number of amides is 1. The van der Waals surface area contributed by atoms with Gasteiger partial charge in [-0.1, -0.05) is 0 Å². The standard InChI is InChI=1S/C15H24N2O2/c1-12-6-7-14(19-12)4-3-5-15(18)17(2)11-13-8-9-16-10-13/h6-7,13,16H,3-5,8-11H2,1-2H3. The lowest BCUT2D eigenvalue weighted by atomic mass is 10.1. The number of carbonyl (C=O) groups is 1. The third kappa shape index (κ3) is 4.39. The van der Waals surface area contributed by atoms with Crippen molar-refractivity contribution in [1.82, 2.24) is 10.2 Å². The molecule has 1 aromatic heterocycles. The highest BCUT2D eigenvalue weighted by Crippen LogP contribution is 2.12. The molecular formula is C15H24N2O2. The van der Waals surface area contributed by atoms with Gasteiger partial charge in [0.1, 0.15) is 11.5 Å². The van der Waals surface area contributed by atoms with Crippen molar-refractivity contribution in [2.45, 2.75) is 32.6 Å². The highest BCUT2D eigenvalue weighted by molar-refractivity contribution is 5.75. The van der Waals surface area contributed by atoms with Gasteiger partial charge in [0.2, 0.25) is 5.91 Å². The van der Waals surface area contributed by atoms with Gasteiger partial charge < -0.3 is 14.6 Å². The van der Waals surface area contributed by atoms with Crippen LogP contribution in [0.5, 0.6) is 0 Å². The van der Waals surface area contributed by atoms with Gasteiger partial charge in [-0.25, -0.2) is 0 Å². The minimum absolute atomic E-state index is 0.246. The Bertz CT molecular complexity index is 408. The zero-order valence-electron chi connectivity index (χ0n) is 11.9. The van der Waals surface area contributed by atoms with Crippen molar-refractivity contribution in [3.8, 4) is 0 Å². The Balaban J connectivity index is 1.65. The fourth-order valence-electron chi connectivity index (χ4n) is 2.58. The van der Waals surface area contributed by atoms with E-state index in [1.165, 1.54) is 6.42 Å². The number of hydrogen-bond donors (Lipinski definition) is 1. The average molecular weight is 264 g/mol. The Morgan fingerprint density at radius 3 is 3.00 bits per heavy atom. The number of rotatable bonds is 6. The van der Waals surface area contributed by atoms with Crippen molar-refractivity contribution in [1.29, 1.82) is 0 Å². The van der Waals surface area contributed by atoms with Crippen LogP contribution in [0.1, 0.15) is 30.8 Å². The first-order valence-corrected chi connectivity index (χ1v) is 7.15. The molecule has 19 heavy (non-hydrogen) atoms. The molecule has 4 nitrogen and oxygen atoms in total. The zero-order chi connectivity index (χ0) is 13.7. The van der Waals surface area contributed by atoms with E-state index in [1.54, 1.807) is 0 Å². The van der Waals surface area contributed by atoms with Gasteiger partial charge in [-0.15, -0.1) is 0 Å². The van der Waals surface area contributed by atoms with Gasteiger partial charge in [0.15, 0.2) is 0 Å². The third-order valence-electron chi connectivity index (χ3n) is 3.73. The predicted octanol–water partition coefficient (Wildman–Crippen LogP) is 1.98. The summed E-state index contributed by atoms with van der Waals surface area (Å²) in [6.07, 6.45) is 3.50. The Morgan fingerprint density at radius 2 is 2.37 bits per heavy atom. The molecule has 1 fully saturated rings. The van der Waals surface area contributed by atoms with Crippen LogP contribution in [-0.2, 0) is 11.2 Å². The minimum atomic E-state index is 0.246. The molecule has 1 saturated heterocycles. The van der Waals surface area contributed by atoms with E-state index in [4.69, 9.17) is 4.42 Å². The summed E-state index contributed by atoms with van der Waals surface area (Å²) in [4.78, 5) is 13.9. The van der Waals surface area contributed by atoms with Gasteiger partial charge in [0, 0.05) is 26.4 Å². The van der Waals surface area contributed by atoms with Gasteiger partial charge in [-0.2, -0.15) is 0 Å². The first-order chi connectivity index (χ1) is 9.15. The number of furan rings is 1. The largest absolute Gasteiger partial charge is 0.466 e. The van der Waals surface area contributed by atoms with Crippen LogP contribution < -0.4 is 5.32 Å². The van der Waals surface area contributed by atoms with Crippen LogP contribution in [0.15, 0.2) is 16.5 Å². The van der Waals surface area contributed by atoms with E-state index in [2.05, 4.69) is 5.32 Å². The molecule has 1 amide bonds. The van der Waals surface area contributed by atoms with Crippen LogP contribution in [0.2, 0.25) is 0 Å². The SMILES string of the molecule is Cc1ccc(CCCC(=O)N(C)CC2CCNC2)o1. The van der Waals surface area contributed by atoms with Gasteiger partial charge in [0.25, 0.3) is 0 Å². The quantitative estimate of drug-likeness (QED) is 0.854. The molecule has 1 aliphatic heterocycles. The van der Waals surface area contributed by atoms with Crippen LogP contribution in [0.3, 0.4) is 0 Å². The molecular weight excluding hydrogens is 240 g/mol. The summed E-state index contributed by atoms with van der Waals surface area (Å²) in [7, 11) is 1.91. The fraction of sp³-hybridized carbons (Fsp3) is 0.667. The van der Waals surface area contributed by atoms with Gasteiger partial charge in [-0.3, -0.25) is 4.79 Å². The lowest BCUT2D eigenvalue weighted by molar-refractivity contribution is -0.130. The van der Waals surface area contributed by atoms with Crippen LogP contribution in [-0.4, -0.2) is 37.5 Å². The second-order valence-electron chi connectivity index (χ2n) is 5.50. The van der Waals surface area contributed by atoms with E-state index in [1.807, 2.05) is 31.0 Å². The van der Waals surface area contributed by atoms with E-state index in [-0.39, 0.29) is 5.91 Å². The zero-order valence-corrected chi connectivity index (χ0v) is 11.9. The third-order valence-corrected chi connectivity index (χ3v) is 3.73. The van der Waals surface area contributed by atoms with Crippen molar-refractivity contribution < 1.29 is 9.21 Å². The number of hydrogen-bond acceptors (Lipinski definition) is 3. The molecule has 0 radical (unpaired) electrons. The summed E-state index contributed by atoms with van der Waals surface area (Å²) < 4.78 is 5.50. The number of carbonyl (C=O) groups excluding carboxylic acids is 1. The smallest absolute Gasteiger partial charge is 0.222 e. The van der Waals surface area contributed by atoms with Crippen LogP contribution >= 0.6 is 0 Å². The van der Waals surface area contributed by atoms with Crippen molar-refractivity contribution in [3.05, 3.63) is 23.7 Å². The molecule has 1 atom stereocenters. The summed E-state index contributed by atoms with van der Waals surface area (Å²) in [5.74, 6) is 2.79. The fourth-order valence-corrected chi connectivity index (χ4v) is 2.58. The molecule has 1 unspecified atom stereocenters. The van der Waals surface area contributed by atoms with E-state index in [9.17, 15) is 4.79 Å². The highest BCUT2D eigenvalue weighted by atomic mass is 16.3. The Labute approximate surface area is 115 Å². The van der Waals surface area contributed by atoms with Crippen LogP contribution in [0.25, 0.3) is 0 Å². The first-order valence-electron chi connectivity index (χ1n) is 7.15.